The van der Waals surface area contributed by atoms with E-state index < -0.39 is 57.1 Å². The van der Waals surface area contributed by atoms with Crippen LogP contribution < -0.4 is 20.0 Å². The lowest BCUT2D eigenvalue weighted by Crippen LogP contribution is -2.36. The second kappa shape index (κ2) is 26.2. The number of nitrogens with zero attached hydrogens (tertiary/aromatic N) is 4. The zero-order chi connectivity index (χ0) is 71.1. The highest BCUT2D eigenvalue weighted by Crippen LogP contribution is 2.53. The molecule has 508 valence electrons. The maximum Gasteiger partial charge on any atom is 0.372 e. The second-order valence-electron chi connectivity index (χ2n) is 27.2. The zero-order valence-corrected chi connectivity index (χ0v) is 60.1. The first-order valence-electron chi connectivity index (χ1n) is 32.8. The Hall–Kier alpha value is -10.1. The fourth-order valence-corrected chi connectivity index (χ4v) is 17.4. The van der Waals surface area contributed by atoms with Gasteiger partial charge in [0.15, 0.2) is 23.0 Å². The Balaban J connectivity index is 0.000000180. The summed E-state index contributed by atoms with van der Waals surface area (Å²) < 4.78 is 14.2. The van der Waals surface area contributed by atoms with E-state index in [0.29, 0.717) is 22.8 Å². The standard InChI is InChI=1S/C42H40N2O6S2.C38H32N2O6S2/c1-7-49-37(45)23-43-31-15-13-25(33-11-9-17-51-33)19-29(31)41(3,4)35(43)21-27-39(47)28(40(27)48)22-36-42(5,6)30-20-26(34-12-10-18-52-34)14-16-32(30)44(36)24-38(46)50-8-2;1-37(2)25-15-21(29-7-5-13-47-29)9-11-27(25)39(19-33(41)42)31(37)17-23-35(45)24(36(23)46)18-32-38(3,4)26-16-22(30-8-6-14-48-30)10-12-28(26)40(32)20-34(43)44/h9-22H,7-8,23-24H2,1-6H3;5-18H,19-20H2,1-4H3,(H2-,41,42,43,44,45,46). The van der Waals surface area contributed by atoms with Crippen molar-refractivity contribution in [3.8, 4) is 41.8 Å². The summed E-state index contributed by atoms with van der Waals surface area (Å²) in [5.74, 6) is -4.55. The second-order valence-corrected chi connectivity index (χ2v) is 31.0. The Bertz CT molecular complexity index is 5030. The van der Waals surface area contributed by atoms with Crippen molar-refractivity contribution >= 4 is 115 Å². The van der Waals surface area contributed by atoms with Crippen LogP contribution in [0.25, 0.3) is 41.8 Å². The van der Waals surface area contributed by atoms with Crippen LogP contribution in [0, 0.1) is 0 Å². The molecule has 2 N–H and O–H groups in total. The number of aliphatic carboxylic acids is 2. The van der Waals surface area contributed by atoms with Gasteiger partial charge in [0, 0.05) is 111 Å². The number of ether oxygens (including phenoxy) is 2. The molecule has 20 heteroatoms. The SMILES string of the molecule is CC1(C)C(=CC2=C([O-])C(=CC3=[N+](CC(=O)O)c4ccc(-c5cccs5)cc4C3(C)C)C2=O)N(CC(=O)O)c2ccc(-c3cccs3)cc21.CCOC(=O)CN1C(=CC2=C([O-])C(=CC3=[N+](CC(=O)OCC)c4ccc(-c5cccs5)cc4C3(C)C)C2=O)C(C)(C)c2cc(-c3cccs3)ccc21. The summed E-state index contributed by atoms with van der Waals surface area (Å²) in [6.45, 7) is 19.2. The van der Waals surface area contributed by atoms with Crippen molar-refractivity contribution in [1.82, 2.24) is 0 Å². The van der Waals surface area contributed by atoms with Crippen LogP contribution >= 0.6 is 45.3 Å². The third-order valence-corrected chi connectivity index (χ3v) is 23.3. The molecule has 6 aliphatic rings. The van der Waals surface area contributed by atoms with Gasteiger partial charge in [-0.2, -0.15) is 9.15 Å². The van der Waals surface area contributed by atoms with E-state index in [0.717, 1.165) is 86.8 Å². The number of anilines is 2. The number of esters is 2. The van der Waals surface area contributed by atoms with Gasteiger partial charge in [-0.05, 0) is 181 Å². The van der Waals surface area contributed by atoms with E-state index in [1.54, 1.807) is 80.8 Å². The van der Waals surface area contributed by atoms with Crippen molar-refractivity contribution in [2.45, 2.75) is 90.9 Å². The van der Waals surface area contributed by atoms with E-state index in [2.05, 4.69) is 36.4 Å². The third-order valence-electron chi connectivity index (χ3n) is 19.6. The van der Waals surface area contributed by atoms with E-state index in [9.17, 15) is 49.2 Å². The smallest absolute Gasteiger partial charge is 0.372 e. The van der Waals surface area contributed by atoms with Crippen LogP contribution in [0.3, 0.4) is 0 Å². The number of hydrogen-bond donors (Lipinski definition) is 2. The summed E-state index contributed by atoms with van der Waals surface area (Å²) in [4.78, 5) is 85.4. The maximum atomic E-state index is 14.0. The normalized spacial score (nSPS) is 18.9. The van der Waals surface area contributed by atoms with E-state index in [1.807, 2.05) is 171 Å². The van der Waals surface area contributed by atoms with Gasteiger partial charge < -0.3 is 39.7 Å². The van der Waals surface area contributed by atoms with Gasteiger partial charge in [-0.15, -0.1) is 45.3 Å². The molecular weight excluding hydrogens is 1340 g/mol. The minimum atomic E-state index is -1.04. The molecule has 4 aromatic carbocycles. The lowest BCUT2D eigenvalue weighted by molar-refractivity contribution is -0.428. The number of carboxylic acids is 2. The number of allylic oxidation sites excluding steroid dienone is 10. The van der Waals surface area contributed by atoms with Crippen LogP contribution in [0.2, 0.25) is 0 Å². The molecule has 2 aliphatic carbocycles. The number of ketones is 2. The molecule has 8 aromatic rings. The minimum Gasteiger partial charge on any atom is -0.871 e. The van der Waals surface area contributed by atoms with Crippen molar-refractivity contribution in [2.75, 3.05) is 49.2 Å². The number of carbonyl (C=O) groups is 6. The fraction of sp³-hybridized carbons (Fsp3) is 0.250. The Morgan fingerprint density at radius 1 is 0.460 bits per heavy atom. The highest BCUT2D eigenvalue weighted by Gasteiger charge is 2.50. The summed E-state index contributed by atoms with van der Waals surface area (Å²) in [6.07, 6.45) is 6.37. The van der Waals surface area contributed by atoms with Crippen LogP contribution in [0.4, 0.5) is 22.7 Å². The van der Waals surface area contributed by atoms with Gasteiger partial charge in [0.05, 0.1) is 24.0 Å². The number of hydrogen-bond acceptors (Lipinski definition) is 16. The van der Waals surface area contributed by atoms with E-state index >= 15 is 0 Å². The first-order valence-corrected chi connectivity index (χ1v) is 36.3. The molecule has 14 rings (SSSR count). The molecule has 0 fully saturated rings. The van der Waals surface area contributed by atoms with Gasteiger partial charge in [0.2, 0.25) is 24.5 Å². The van der Waals surface area contributed by atoms with Crippen molar-refractivity contribution in [2.24, 2.45) is 0 Å². The van der Waals surface area contributed by atoms with Crippen LogP contribution in [-0.4, -0.2) is 106 Å². The third kappa shape index (κ3) is 11.9. The number of thiophene rings is 4. The first-order chi connectivity index (χ1) is 47.6. The number of carbonyl (C=O) groups excluding carboxylic acids is 4. The lowest BCUT2D eigenvalue weighted by atomic mass is 9.77. The van der Waals surface area contributed by atoms with Crippen molar-refractivity contribution in [3.05, 3.63) is 235 Å². The van der Waals surface area contributed by atoms with Gasteiger partial charge in [0.25, 0.3) is 0 Å². The van der Waals surface area contributed by atoms with Gasteiger partial charge in [0.1, 0.15) is 13.1 Å². The predicted octanol–water partition coefficient (Wildman–Crippen LogP) is 13.9. The minimum absolute atomic E-state index is 0.0234. The molecule has 0 spiro atoms. The maximum absolute atomic E-state index is 14.0. The fourth-order valence-electron chi connectivity index (χ4n) is 14.5. The van der Waals surface area contributed by atoms with Crippen molar-refractivity contribution < 1.29 is 67.8 Å². The Kier molecular flexibility index (Phi) is 17.9. The molecular formula is C80H72N4O12S4. The van der Waals surface area contributed by atoms with Crippen LogP contribution in [0.5, 0.6) is 0 Å². The van der Waals surface area contributed by atoms with E-state index in [-0.39, 0.29) is 73.2 Å². The number of fused-ring (bicyclic) bond motifs is 4. The van der Waals surface area contributed by atoms with E-state index in [1.165, 1.54) is 12.2 Å². The number of carboxylic acid groups (broad SMARTS) is 2. The molecule has 4 aromatic heterocycles. The summed E-state index contributed by atoms with van der Waals surface area (Å²) in [5, 5.41) is 55.4. The van der Waals surface area contributed by atoms with Gasteiger partial charge in [-0.25, -0.2) is 9.59 Å². The van der Waals surface area contributed by atoms with Crippen molar-refractivity contribution in [1.29, 1.82) is 0 Å². The molecule has 0 saturated carbocycles. The number of rotatable bonds is 18. The quantitative estimate of drug-likeness (QED) is 0.0464. The first kappa shape index (κ1) is 68.4. The number of Topliss-reactive ketones (excluding diaryl/α,β-unsaturated/α-hetero) is 2. The summed E-state index contributed by atoms with van der Waals surface area (Å²) >= 11 is 6.51. The average molecular weight is 1410 g/mol. The van der Waals surface area contributed by atoms with Crippen molar-refractivity contribution in [3.63, 3.8) is 0 Å². The topological polar surface area (TPSA) is 220 Å². The summed E-state index contributed by atoms with van der Waals surface area (Å²) in [5.41, 5.74) is 10.8. The highest BCUT2D eigenvalue weighted by molar-refractivity contribution is 7.14. The van der Waals surface area contributed by atoms with Gasteiger partial charge in [-0.3, -0.25) is 19.2 Å². The molecule has 100 heavy (non-hydrogen) atoms. The predicted molar refractivity (Wildman–Crippen MR) is 390 cm³/mol. The molecule has 8 heterocycles. The molecule has 0 radical (unpaired) electrons. The summed E-state index contributed by atoms with van der Waals surface area (Å²) in [7, 11) is 0. The van der Waals surface area contributed by atoms with Gasteiger partial charge in [-0.1, -0.05) is 75.6 Å². The Labute approximate surface area is 595 Å². The molecule has 0 saturated heterocycles. The molecule has 0 amide bonds. The average Bonchev–Trinajstić information content (AvgIpc) is 1.58. The molecule has 16 nitrogen and oxygen atoms in total. The largest absolute Gasteiger partial charge is 0.871 e. The monoisotopic (exact) mass is 1410 g/mol. The zero-order valence-electron chi connectivity index (χ0n) is 56.8. The molecule has 4 aliphatic heterocycles. The van der Waals surface area contributed by atoms with Crippen LogP contribution in [0.15, 0.2) is 212 Å². The Morgan fingerprint density at radius 2 is 0.820 bits per heavy atom. The van der Waals surface area contributed by atoms with Crippen LogP contribution in [-0.2, 0) is 59.9 Å². The Morgan fingerprint density at radius 3 is 1.17 bits per heavy atom. The lowest BCUT2D eigenvalue weighted by Gasteiger charge is -2.32. The van der Waals surface area contributed by atoms with Gasteiger partial charge >= 0.3 is 23.9 Å². The molecule has 0 bridgehead atoms. The van der Waals surface area contributed by atoms with Crippen LogP contribution in [0.1, 0.15) is 91.5 Å². The molecule has 0 unspecified atom stereocenters. The molecule has 0 atom stereocenters. The highest BCUT2D eigenvalue weighted by atomic mass is 32.1. The van der Waals surface area contributed by atoms with E-state index in [4.69, 9.17) is 9.47 Å². The summed E-state index contributed by atoms with van der Waals surface area (Å²) in [6, 6.07) is 40.2. The number of benzene rings is 4.